The number of amides is 1. The van der Waals surface area contributed by atoms with E-state index in [4.69, 9.17) is 14.2 Å². The highest BCUT2D eigenvalue weighted by Gasteiger charge is 2.33. The molecular weight excluding hydrogens is 538 g/mol. The minimum atomic E-state index is -0.927. The lowest BCUT2D eigenvalue weighted by atomic mass is 9.87. The van der Waals surface area contributed by atoms with Crippen LogP contribution in [-0.4, -0.2) is 60.7 Å². The van der Waals surface area contributed by atoms with Crippen LogP contribution in [0.2, 0.25) is 0 Å². The van der Waals surface area contributed by atoms with Gasteiger partial charge >= 0.3 is 12.1 Å². The van der Waals surface area contributed by atoms with Crippen LogP contribution in [0.3, 0.4) is 0 Å². The lowest BCUT2D eigenvalue weighted by Crippen LogP contribution is -2.46. The van der Waals surface area contributed by atoms with Gasteiger partial charge in [-0.2, -0.15) is 0 Å². The fourth-order valence-electron chi connectivity index (χ4n) is 5.17. The number of likely N-dealkylation sites (tertiary alicyclic amines) is 1. The molecule has 0 saturated carbocycles. The van der Waals surface area contributed by atoms with E-state index in [1.165, 1.54) is 22.0 Å². The molecule has 0 aromatic heterocycles. The highest BCUT2D eigenvalue weighted by atomic mass is 32.2. The van der Waals surface area contributed by atoms with Crippen LogP contribution in [0, 0.1) is 0 Å². The Labute approximate surface area is 244 Å². The van der Waals surface area contributed by atoms with E-state index in [2.05, 4.69) is 30.3 Å². The number of carbonyl (C=O) groups excluding carboxylic acids is 1. The molecular formula is C33H33NO6S. The minimum Gasteiger partial charge on any atom is -0.490 e. The summed E-state index contributed by atoms with van der Waals surface area (Å²) < 4.78 is 17.6. The number of hydrogen-bond donors (Lipinski definition) is 1. The van der Waals surface area contributed by atoms with E-state index >= 15 is 0 Å². The Morgan fingerprint density at radius 2 is 1.68 bits per heavy atom. The van der Waals surface area contributed by atoms with E-state index in [-0.39, 0.29) is 31.2 Å². The molecule has 0 aliphatic carbocycles. The van der Waals surface area contributed by atoms with E-state index in [1.54, 1.807) is 6.07 Å². The van der Waals surface area contributed by atoms with Crippen molar-refractivity contribution in [1.29, 1.82) is 0 Å². The Bertz CT molecular complexity index is 1490. The van der Waals surface area contributed by atoms with Crippen molar-refractivity contribution in [1.82, 2.24) is 4.90 Å². The van der Waals surface area contributed by atoms with Gasteiger partial charge in [0.25, 0.3) is 0 Å². The Hall–Kier alpha value is -4.01. The zero-order chi connectivity index (χ0) is 28.6. The number of hydrogen-bond acceptors (Lipinski definition) is 6. The summed E-state index contributed by atoms with van der Waals surface area (Å²) in [7, 11) is 0. The lowest BCUT2D eigenvalue weighted by molar-refractivity contribution is -0.0199. The summed E-state index contributed by atoms with van der Waals surface area (Å²) in [5.74, 6) is 0.361. The van der Waals surface area contributed by atoms with Gasteiger partial charge in [0, 0.05) is 17.4 Å². The average molecular weight is 572 g/mol. The zero-order valence-corrected chi connectivity index (χ0v) is 23.7. The number of esters is 1. The molecule has 1 N–H and O–H groups in total. The molecule has 0 radical (unpaired) electrons. The Balaban J connectivity index is 1.18. The van der Waals surface area contributed by atoms with Crippen molar-refractivity contribution in [3.8, 4) is 5.75 Å². The molecule has 4 aromatic rings. The van der Waals surface area contributed by atoms with Crippen molar-refractivity contribution in [3.05, 3.63) is 108 Å². The molecule has 212 valence electrons. The van der Waals surface area contributed by atoms with Gasteiger partial charge in [-0.15, -0.1) is 11.8 Å². The van der Waals surface area contributed by atoms with Gasteiger partial charge in [0.1, 0.15) is 19.0 Å². The average Bonchev–Trinajstić information content (AvgIpc) is 3.02. The largest absolute Gasteiger partial charge is 0.490 e. The van der Waals surface area contributed by atoms with Crippen molar-refractivity contribution in [3.63, 3.8) is 0 Å². The number of rotatable bonds is 10. The predicted octanol–water partition coefficient (Wildman–Crippen LogP) is 6.85. The first-order chi connectivity index (χ1) is 20.0. The number of thioether (sulfide) groups is 1. The number of piperidine rings is 1. The molecule has 1 fully saturated rings. The smallest absolute Gasteiger partial charge is 0.407 e. The van der Waals surface area contributed by atoms with E-state index in [0.717, 1.165) is 21.4 Å². The van der Waals surface area contributed by atoms with Gasteiger partial charge < -0.3 is 24.2 Å². The summed E-state index contributed by atoms with van der Waals surface area (Å²) in [5, 5.41) is 11.9. The zero-order valence-electron chi connectivity index (χ0n) is 22.9. The number of carboxylic acid groups (broad SMARTS) is 1. The first-order valence-electron chi connectivity index (χ1n) is 13.6. The topological polar surface area (TPSA) is 85.3 Å². The van der Waals surface area contributed by atoms with E-state index in [9.17, 15) is 14.7 Å². The van der Waals surface area contributed by atoms with Gasteiger partial charge in [0.05, 0.1) is 24.8 Å². The molecule has 41 heavy (non-hydrogen) atoms. The maximum atomic E-state index is 12.4. The van der Waals surface area contributed by atoms with Crippen molar-refractivity contribution < 1.29 is 28.9 Å². The first-order valence-corrected chi connectivity index (χ1v) is 14.8. The predicted molar refractivity (Wildman–Crippen MR) is 160 cm³/mol. The maximum Gasteiger partial charge on any atom is 0.407 e. The fraction of sp³-hybridized carbons (Fsp3) is 0.273. The second-order valence-corrected chi connectivity index (χ2v) is 10.8. The van der Waals surface area contributed by atoms with Gasteiger partial charge in [-0.05, 0) is 64.9 Å². The standard InChI is InChI=1S/C33H33NO6S/c1-41-31-9-5-4-8-29(31)32(35)39-19-18-38-27-14-12-25(13-15-27)28-16-17-34(33(36)37)21-30(28)40-22-23-10-11-24-6-2-3-7-26(24)20-23/h2-15,20,28,30H,16-19,21-22H2,1H3,(H,36,37). The first kappa shape index (κ1) is 28.5. The van der Waals surface area contributed by atoms with E-state index in [1.807, 2.05) is 60.9 Å². The van der Waals surface area contributed by atoms with Crippen molar-refractivity contribution >= 4 is 34.6 Å². The number of carbonyl (C=O) groups is 2. The van der Waals surface area contributed by atoms with E-state index < -0.39 is 6.09 Å². The molecule has 4 aromatic carbocycles. The fourth-order valence-corrected chi connectivity index (χ4v) is 5.75. The Morgan fingerprint density at radius 1 is 0.927 bits per heavy atom. The molecule has 7 nitrogen and oxygen atoms in total. The summed E-state index contributed by atoms with van der Waals surface area (Å²) in [5.41, 5.74) is 2.68. The van der Waals surface area contributed by atoms with Crippen LogP contribution in [0.4, 0.5) is 4.79 Å². The molecule has 2 unspecified atom stereocenters. The van der Waals surface area contributed by atoms with Gasteiger partial charge in [-0.25, -0.2) is 9.59 Å². The van der Waals surface area contributed by atoms with Gasteiger partial charge in [-0.3, -0.25) is 0 Å². The summed E-state index contributed by atoms with van der Waals surface area (Å²) in [6.07, 6.45) is 1.39. The van der Waals surface area contributed by atoms with Gasteiger partial charge in [0.2, 0.25) is 0 Å². The SMILES string of the molecule is CSc1ccccc1C(=O)OCCOc1ccc(C2CCN(C(=O)O)CC2OCc2ccc3ccccc3c2)cc1. The molecule has 1 heterocycles. The Morgan fingerprint density at radius 3 is 2.46 bits per heavy atom. The number of nitrogens with zero attached hydrogens (tertiary/aromatic N) is 1. The van der Waals surface area contributed by atoms with Crippen LogP contribution in [0.5, 0.6) is 5.75 Å². The molecule has 1 amide bonds. The third-order valence-electron chi connectivity index (χ3n) is 7.33. The van der Waals surface area contributed by atoms with Crippen molar-refractivity contribution in [2.24, 2.45) is 0 Å². The van der Waals surface area contributed by atoms with Crippen LogP contribution in [0.1, 0.15) is 33.8 Å². The monoisotopic (exact) mass is 571 g/mol. The Kier molecular flexibility index (Phi) is 9.44. The second-order valence-electron chi connectivity index (χ2n) is 9.91. The summed E-state index contributed by atoms with van der Waals surface area (Å²) in [6, 6.07) is 29.6. The minimum absolute atomic E-state index is 0.0533. The summed E-state index contributed by atoms with van der Waals surface area (Å²) >= 11 is 1.50. The molecule has 0 bridgehead atoms. The third kappa shape index (κ3) is 7.20. The summed E-state index contributed by atoms with van der Waals surface area (Å²) in [6.45, 7) is 1.55. The van der Waals surface area contributed by atoms with Crippen LogP contribution in [0.25, 0.3) is 10.8 Å². The number of fused-ring (bicyclic) bond motifs is 1. The van der Waals surface area contributed by atoms with Crippen LogP contribution < -0.4 is 4.74 Å². The highest BCUT2D eigenvalue weighted by Crippen LogP contribution is 2.32. The lowest BCUT2D eigenvalue weighted by Gasteiger charge is -2.37. The summed E-state index contributed by atoms with van der Waals surface area (Å²) in [4.78, 5) is 26.4. The molecule has 5 rings (SSSR count). The van der Waals surface area contributed by atoms with Crippen molar-refractivity contribution in [2.45, 2.75) is 29.9 Å². The van der Waals surface area contributed by atoms with Crippen LogP contribution >= 0.6 is 11.8 Å². The second kappa shape index (κ2) is 13.6. The van der Waals surface area contributed by atoms with Gasteiger partial charge in [0.15, 0.2) is 0 Å². The molecule has 2 atom stereocenters. The molecule has 1 saturated heterocycles. The maximum absolute atomic E-state index is 12.4. The molecule has 8 heteroatoms. The normalized spacial score (nSPS) is 16.9. The third-order valence-corrected chi connectivity index (χ3v) is 8.12. The molecule has 1 aliphatic rings. The highest BCUT2D eigenvalue weighted by molar-refractivity contribution is 7.98. The van der Waals surface area contributed by atoms with Gasteiger partial charge in [-0.1, -0.05) is 60.7 Å². The van der Waals surface area contributed by atoms with Crippen LogP contribution in [-0.2, 0) is 16.1 Å². The van der Waals surface area contributed by atoms with Crippen molar-refractivity contribution in [2.75, 3.05) is 32.6 Å². The number of ether oxygens (including phenoxy) is 3. The molecule has 0 spiro atoms. The quantitative estimate of drug-likeness (QED) is 0.127. The van der Waals surface area contributed by atoms with E-state index in [0.29, 0.717) is 37.4 Å². The molecule has 1 aliphatic heterocycles. The number of benzene rings is 4. The van der Waals surface area contributed by atoms with Crippen LogP contribution in [0.15, 0.2) is 95.9 Å².